The first kappa shape index (κ1) is 31.7. The van der Waals surface area contributed by atoms with Gasteiger partial charge in [-0.15, -0.1) is 0 Å². The number of halogens is 3. The molecule has 42 heavy (non-hydrogen) atoms. The monoisotopic (exact) mass is 574 g/mol. The average Bonchev–Trinajstić information content (AvgIpc) is 2.99. The minimum atomic E-state index is -4.23. The largest absolute Gasteiger partial charge is 0.497 e. The van der Waals surface area contributed by atoms with Crippen LogP contribution in [0.15, 0.2) is 101 Å². The van der Waals surface area contributed by atoms with Crippen molar-refractivity contribution in [2.45, 2.75) is 39.4 Å². The number of carbonyl (C=O) groups is 1. The molecule has 0 saturated carbocycles. The second-order valence-corrected chi connectivity index (χ2v) is 9.57. The summed E-state index contributed by atoms with van der Waals surface area (Å²) in [5.74, 6) is 1.46. The number of ether oxygens (including phenoxy) is 1. The van der Waals surface area contributed by atoms with E-state index < -0.39 is 11.7 Å². The molecule has 0 radical (unpaired) electrons. The summed E-state index contributed by atoms with van der Waals surface area (Å²) in [4.78, 5) is 25.1. The van der Waals surface area contributed by atoms with Gasteiger partial charge in [0.2, 0.25) is 0 Å². The summed E-state index contributed by atoms with van der Waals surface area (Å²) in [6.45, 7) is 9.50. The number of rotatable bonds is 8. The van der Waals surface area contributed by atoms with E-state index in [2.05, 4.69) is 22.0 Å². The molecule has 0 fully saturated rings. The Kier molecular flexibility index (Phi) is 11.1. The number of anilines is 1. The van der Waals surface area contributed by atoms with Gasteiger partial charge < -0.3 is 10.1 Å². The first-order valence-electron chi connectivity index (χ1n) is 13.2. The van der Waals surface area contributed by atoms with Gasteiger partial charge in [-0.3, -0.25) is 19.8 Å². The maximum atomic E-state index is 12.1. The van der Waals surface area contributed by atoms with Crippen LogP contribution >= 0.6 is 0 Å². The number of aliphatic imine (C=N–C) groups is 2. The Morgan fingerprint density at radius 1 is 1.00 bits per heavy atom. The van der Waals surface area contributed by atoms with Crippen LogP contribution in [-0.2, 0) is 12.7 Å². The fourth-order valence-corrected chi connectivity index (χ4v) is 3.91. The Balaban J connectivity index is 0.000000312. The van der Waals surface area contributed by atoms with Crippen molar-refractivity contribution in [2.24, 2.45) is 9.98 Å². The maximum Gasteiger partial charge on any atom is 0.416 e. The number of alkyl halides is 3. The number of methoxy groups -OCH3 is 1. The molecule has 218 valence electrons. The van der Waals surface area contributed by atoms with E-state index in [0.29, 0.717) is 35.1 Å². The van der Waals surface area contributed by atoms with Gasteiger partial charge in [0, 0.05) is 23.5 Å². The summed E-state index contributed by atoms with van der Waals surface area (Å²) in [6.07, 6.45) is -0.740. The molecule has 1 N–H and O–H groups in total. The molecule has 0 atom stereocenters. The minimum absolute atomic E-state index is 0.0348. The highest BCUT2D eigenvalue weighted by atomic mass is 19.4. The molecule has 4 aromatic rings. The molecule has 0 unspecified atom stereocenters. The number of hydrogen-bond acceptors (Lipinski definition) is 5. The fourth-order valence-electron chi connectivity index (χ4n) is 3.91. The summed E-state index contributed by atoms with van der Waals surface area (Å²) >= 11 is 0. The molecule has 0 aliphatic rings. The number of hydrogen-bond donors (Lipinski definition) is 1. The lowest BCUT2D eigenvalue weighted by molar-refractivity contribution is -0.137. The number of aromatic nitrogens is 1. The van der Waals surface area contributed by atoms with Gasteiger partial charge in [-0.05, 0) is 79.2 Å². The van der Waals surface area contributed by atoms with Crippen LogP contribution in [-0.4, -0.2) is 30.4 Å². The van der Waals surface area contributed by atoms with Crippen molar-refractivity contribution in [1.82, 2.24) is 4.98 Å². The third-order valence-electron chi connectivity index (χ3n) is 6.24. The summed E-state index contributed by atoms with van der Waals surface area (Å²) in [6, 6.07) is 21.9. The van der Waals surface area contributed by atoms with E-state index in [1.54, 1.807) is 25.6 Å². The van der Waals surface area contributed by atoms with Gasteiger partial charge in [-0.25, -0.2) is 0 Å². The molecule has 0 spiro atoms. The standard InChI is InChI=1S/C23H22N4O2.C10H11F3/c1-16(28)19-8-4-5-9-22(19)27-23(26-15-17-7-6-12-25-14-17)20-13-18(29-3)10-11-21(20)24-2;1-7(2)8-3-5-9(6-4-8)10(11,12)13/h4-14H,2,15H2,1,3H3,(H,26,27);3-7H,1-2H3. The molecule has 0 aliphatic heterocycles. The smallest absolute Gasteiger partial charge is 0.416 e. The normalized spacial score (nSPS) is 11.4. The van der Waals surface area contributed by atoms with Crippen molar-refractivity contribution in [3.63, 3.8) is 0 Å². The number of carbonyl (C=O) groups excluding carboxylic acids is 1. The zero-order valence-corrected chi connectivity index (χ0v) is 23.9. The van der Waals surface area contributed by atoms with Crippen LogP contribution in [0.4, 0.5) is 24.5 Å². The predicted molar refractivity (Wildman–Crippen MR) is 162 cm³/mol. The quantitative estimate of drug-likeness (QED) is 0.130. The molecule has 1 aromatic heterocycles. The predicted octanol–water partition coefficient (Wildman–Crippen LogP) is 8.51. The molecular weight excluding hydrogens is 541 g/mol. The van der Waals surface area contributed by atoms with Crippen molar-refractivity contribution in [1.29, 1.82) is 0 Å². The van der Waals surface area contributed by atoms with Crippen molar-refractivity contribution in [3.8, 4) is 5.75 Å². The van der Waals surface area contributed by atoms with Crippen LogP contribution in [0.25, 0.3) is 0 Å². The second kappa shape index (κ2) is 14.7. The van der Waals surface area contributed by atoms with Gasteiger partial charge in [-0.2, -0.15) is 13.2 Å². The SMILES string of the molecule is C=Nc1ccc(OC)cc1C(=NCc1cccnc1)Nc1ccccc1C(C)=O.CC(C)c1ccc(C(F)(F)F)cc1. The molecule has 0 bridgehead atoms. The Morgan fingerprint density at radius 2 is 1.71 bits per heavy atom. The number of para-hydroxylation sites is 1. The highest BCUT2D eigenvalue weighted by Gasteiger charge is 2.29. The number of Topliss-reactive ketones (excluding diaryl/α,β-unsaturated/α-hetero) is 1. The number of pyridine rings is 1. The Bertz CT molecular complexity index is 1520. The van der Waals surface area contributed by atoms with Crippen LogP contribution in [0.5, 0.6) is 5.75 Å². The maximum absolute atomic E-state index is 12.1. The molecule has 9 heteroatoms. The second-order valence-electron chi connectivity index (χ2n) is 9.57. The molecule has 0 aliphatic carbocycles. The van der Waals surface area contributed by atoms with E-state index in [1.165, 1.54) is 19.1 Å². The lowest BCUT2D eigenvalue weighted by atomic mass is 10.0. The summed E-state index contributed by atoms with van der Waals surface area (Å²) in [7, 11) is 1.60. The van der Waals surface area contributed by atoms with Gasteiger partial charge in [-0.1, -0.05) is 44.2 Å². The molecule has 1 heterocycles. The lowest BCUT2D eigenvalue weighted by Gasteiger charge is -2.15. The first-order valence-corrected chi connectivity index (χ1v) is 13.2. The summed E-state index contributed by atoms with van der Waals surface area (Å²) < 4.78 is 41.7. The van der Waals surface area contributed by atoms with Crippen molar-refractivity contribution in [3.05, 3.63) is 119 Å². The van der Waals surface area contributed by atoms with Crippen LogP contribution in [0.2, 0.25) is 0 Å². The summed E-state index contributed by atoms with van der Waals surface area (Å²) in [5, 5.41) is 3.31. The zero-order chi connectivity index (χ0) is 30.7. The topological polar surface area (TPSA) is 75.9 Å². The van der Waals surface area contributed by atoms with E-state index in [4.69, 9.17) is 9.73 Å². The van der Waals surface area contributed by atoms with Gasteiger partial charge >= 0.3 is 6.18 Å². The highest BCUT2D eigenvalue weighted by Crippen LogP contribution is 2.30. The lowest BCUT2D eigenvalue weighted by Crippen LogP contribution is -2.16. The van der Waals surface area contributed by atoms with Crippen molar-refractivity contribution >= 4 is 29.7 Å². The number of benzene rings is 3. The first-order chi connectivity index (χ1) is 20.0. The van der Waals surface area contributed by atoms with Gasteiger partial charge in [0.05, 0.1) is 30.6 Å². The number of nitrogens with one attached hydrogen (secondary N) is 1. The number of nitrogens with zero attached hydrogens (tertiary/aromatic N) is 3. The Labute approximate surface area is 244 Å². The zero-order valence-electron chi connectivity index (χ0n) is 23.9. The van der Waals surface area contributed by atoms with Gasteiger partial charge in [0.25, 0.3) is 0 Å². The Morgan fingerprint density at radius 3 is 2.29 bits per heavy atom. The molecule has 0 amide bonds. The van der Waals surface area contributed by atoms with Gasteiger partial charge in [0.1, 0.15) is 11.6 Å². The van der Waals surface area contributed by atoms with Crippen LogP contribution in [0, 0.1) is 0 Å². The third-order valence-corrected chi connectivity index (χ3v) is 6.24. The summed E-state index contributed by atoms with van der Waals surface area (Å²) in [5.41, 5.74) is 3.93. The van der Waals surface area contributed by atoms with Crippen LogP contribution in [0.1, 0.15) is 59.3 Å². The average molecular weight is 575 g/mol. The van der Waals surface area contributed by atoms with E-state index in [0.717, 1.165) is 28.8 Å². The fraction of sp³-hybridized carbons (Fsp3) is 0.212. The molecule has 6 nitrogen and oxygen atoms in total. The molecule has 0 saturated heterocycles. The molecule has 3 aromatic carbocycles. The highest BCUT2D eigenvalue weighted by molar-refractivity contribution is 6.14. The number of ketones is 1. The van der Waals surface area contributed by atoms with Crippen molar-refractivity contribution in [2.75, 3.05) is 12.4 Å². The van der Waals surface area contributed by atoms with E-state index in [-0.39, 0.29) is 11.7 Å². The Hall–Kier alpha value is -4.79. The molecule has 4 rings (SSSR count). The number of amidine groups is 1. The third kappa shape index (κ3) is 8.86. The van der Waals surface area contributed by atoms with Crippen molar-refractivity contribution < 1.29 is 22.7 Å². The van der Waals surface area contributed by atoms with Crippen LogP contribution in [0.3, 0.4) is 0 Å². The van der Waals surface area contributed by atoms with E-state index in [9.17, 15) is 18.0 Å². The van der Waals surface area contributed by atoms with Crippen LogP contribution < -0.4 is 10.1 Å². The van der Waals surface area contributed by atoms with Gasteiger partial charge in [0.15, 0.2) is 5.78 Å². The van der Waals surface area contributed by atoms with E-state index in [1.807, 2.05) is 62.4 Å². The molecular formula is C33H33F3N4O2. The van der Waals surface area contributed by atoms with E-state index >= 15 is 0 Å². The minimum Gasteiger partial charge on any atom is -0.497 e.